The van der Waals surface area contributed by atoms with Gasteiger partial charge >= 0.3 is 5.97 Å². The van der Waals surface area contributed by atoms with Crippen LogP contribution in [-0.4, -0.2) is 39.6 Å². The third kappa shape index (κ3) is 3.88. The molecule has 1 spiro atoms. The second kappa shape index (κ2) is 9.69. The smallest absolute Gasteiger partial charge is 0.310 e. The first-order valence-electron chi connectivity index (χ1n) is 16.1. The Kier molecular flexibility index (Phi) is 6.96. The van der Waals surface area contributed by atoms with Gasteiger partial charge in [0, 0.05) is 5.41 Å². The number of fused-ring (bicyclic) bond motifs is 6. The lowest BCUT2D eigenvalue weighted by Crippen LogP contribution is -2.66. The van der Waals surface area contributed by atoms with E-state index in [1.807, 2.05) is 12.1 Å². The average Bonchev–Trinajstić information content (AvgIpc) is 3.17. The predicted molar refractivity (Wildman–Crippen MR) is 157 cm³/mol. The fraction of sp³-hybridized carbons (Fsp3) is 0.800. The van der Waals surface area contributed by atoms with Crippen LogP contribution in [0.4, 0.5) is 0 Å². The van der Waals surface area contributed by atoms with Crippen LogP contribution in [-0.2, 0) is 16.1 Å². The molecule has 3 N–H and O–H groups in total. The molecule has 228 valence electrons. The minimum Gasteiger partial charge on any atom is -0.481 e. The summed E-state index contributed by atoms with van der Waals surface area (Å²) in [6, 6.07) is 3.79. The van der Waals surface area contributed by atoms with E-state index < -0.39 is 22.9 Å². The quantitative estimate of drug-likeness (QED) is 0.307. The molecule has 41 heavy (non-hydrogen) atoms. The minimum absolute atomic E-state index is 0.0454. The molecule has 2 unspecified atom stereocenters. The van der Waals surface area contributed by atoms with Crippen LogP contribution in [0, 0.1) is 50.7 Å². The van der Waals surface area contributed by atoms with Crippen molar-refractivity contribution in [2.75, 3.05) is 0 Å². The van der Waals surface area contributed by atoms with Gasteiger partial charge in [-0.3, -0.25) is 4.79 Å². The van der Waals surface area contributed by atoms with Crippen molar-refractivity contribution >= 4 is 5.97 Å². The van der Waals surface area contributed by atoms with E-state index in [0.29, 0.717) is 31.8 Å². The van der Waals surface area contributed by atoms with Gasteiger partial charge in [-0.05, 0) is 124 Å². The molecule has 6 rings (SSSR count). The molecule has 0 bridgehead atoms. The number of carboxylic acid groups (broad SMARTS) is 1. The lowest BCUT2D eigenvalue weighted by molar-refractivity contribution is -0.241. The lowest BCUT2D eigenvalue weighted by atomic mass is 9.36. The molecule has 0 aliphatic heterocycles. The van der Waals surface area contributed by atoms with E-state index in [0.717, 1.165) is 44.3 Å². The molecule has 1 heterocycles. The van der Waals surface area contributed by atoms with Crippen molar-refractivity contribution in [3.05, 3.63) is 35.8 Å². The van der Waals surface area contributed by atoms with Gasteiger partial charge in [-0.25, -0.2) is 0 Å². The number of hydrogen-bond acceptors (Lipinski definition) is 5. The highest BCUT2D eigenvalue weighted by atomic mass is 16.5. The fourth-order valence-electron chi connectivity index (χ4n) is 12.0. The molecule has 0 aromatic carbocycles. The van der Waals surface area contributed by atoms with Crippen molar-refractivity contribution in [1.29, 1.82) is 0 Å². The van der Waals surface area contributed by atoms with E-state index >= 15 is 0 Å². The molecular weight excluding hydrogens is 516 g/mol. The molecule has 5 fully saturated rings. The highest BCUT2D eigenvalue weighted by molar-refractivity contribution is 5.81. The number of aliphatic hydroxyl groups excluding tert-OH is 2. The van der Waals surface area contributed by atoms with Crippen molar-refractivity contribution < 1.29 is 29.3 Å². The molecule has 5 aliphatic carbocycles. The summed E-state index contributed by atoms with van der Waals surface area (Å²) in [5.41, 5.74) is -0.490. The summed E-state index contributed by atoms with van der Waals surface area (Å²) in [6.07, 6.45) is 10.1. The zero-order chi connectivity index (χ0) is 29.6. The maximum absolute atomic E-state index is 13.2. The van der Waals surface area contributed by atoms with Crippen molar-refractivity contribution in [2.24, 2.45) is 50.7 Å². The van der Waals surface area contributed by atoms with Crippen LogP contribution in [0.3, 0.4) is 0 Å². The second-order valence-electron chi connectivity index (χ2n) is 15.8. The maximum Gasteiger partial charge on any atom is 0.310 e. The highest BCUT2D eigenvalue weighted by Gasteiger charge is 2.86. The van der Waals surface area contributed by atoms with Gasteiger partial charge in [0.1, 0.15) is 12.4 Å². The predicted octanol–water partition coefficient (Wildman–Crippen LogP) is 6.99. The van der Waals surface area contributed by atoms with Crippen molar-refractivity contribution in [3.8, 4) is 0 Å². The average molecular weight is 569 g/mol. The molecule has 6 nitrogen and oxygen atoms in total. The van der Waals surface area contributed by atoms with Gasteiger partial charge in [0.2, 0.25) is 0 Å². The van der Waals surface area contributed by atoms with Gasteiger partial charge in [-0.15, -0.1) is 0 Å². The Labute approximate surface area is 245 Å². The number of aliphatic hydroxyl groups is 2. The number of rotatable bonds is 7. The number of carboxylic acids is 1. The van der Waals surface area contributed by atoms with Crippen LogP contribution in [0.25, 0.3) is 0 Å². The number of aliphatic carboxylic acids is 1. The summed E-state index contributed by atoms with van der Waals surface area (Å²) in [6.45, 7) is 13.9. The zero-order valence-electron chi connectivity index (χ0n) is 26.0. The number of ether oxygens (including phenoxy) is 1. The fourth-order valence-corrected chi connectivity index (χ4v) is 12.0. The van der Waals surface area contributed by atoms with Gasteiger partial charge in [-0.2, -0.15) is 0 Å². The minimum atomic E-state index is -0.845. The Morgan fingerprint density at radius 2 is 1.88 bits per heavy atom. The molecular formula is C35H52O6. The number of furan rings is 1. The van der Waals surface area contributed by atoms with Crippen LogP contribution < -0.4 is 0 Å². The van der Waals surface area contributed by atoms with Crippen LogP contribution in [0.5, 0.6) is 0 Å². The van der Waals surface area contributed by atoms with Gasteiger partial charge in [0.15, 0.2) is 0 Å². The number of hydrogen-bond donors (Lipinski definition) is 3. The van der Waals surface area contributed by atoms with Gasteiger partial charge in [0.25, 0.3) is 0 Å². The van der Waals surface area contributed by atoms with Gasteiger partial charge in [0.05, 0.1) is 30.0 Å². The highest BCUT2D eigenvalue weighted by Crippen LogP contribution is 2.85. The molecule has 5 saturated carbocycles. The second-order valence-corrected chi connectivity index (χ2v) is 15.8. The van der Waals surface area contributed by atoms with E-state index in [4.69, 9.17) is 9.15 Å². The SMILES string of the molecule is CC(C)=CCC[C@]1(C(=O)O)C[C@@]12[C@@H](OCc1ccco1)C[C@@]1(C)[C@H]2CC(O)C2[C@]1(C)CC[C@H]1[C@H](C)[C@H](O)CC[C@]21C. The maximum atomic E-state index is 13.2. The van der Waals surface area contributed by atoms with E-state index in [1.165, 1.54) is 5.57 Å². The zero-order valence-corrected chi connectivity index (χ0v) is 26.0. The molecule has 1 aromatic heterocycles. The van der Waals surface area contributed by atoms with E-state index in [2.05, 4.69) is 47.6 Å². The topological polar surface area (TPSA) is 100 Å². The molecule has 6 heteroatoms. The molecule has 0 radical (unpaired) electrons. The third-order valence-electron chi connectivity index (χ3n) is 14.1. The molecule has 1 aromatic rings. The first-order valence-corrected chi connectivity index (χ1v) is 16.1. The Hall–Kier alpha value is -1.63. The van der Waals surface area contributed by atoms with Gasteiger partial charge in [-0.1, -0.05) is 39.3 Å². The summed E-state index contributed by atoms with van der Waals surface area (Å²) >= 11 is 0. The number of allylic oxidation sites excluding steroid dienone is 2. The standard InChI is InChI=1S/C35H52O6/c1-21(2)9-7-13-34(30(38)39)20-35(34)27-17-26(37)29-31(4)14-12-25(36)22(3)24(31)11-15-32(29,5)33(27,6)18-28(35)41-19-23-10-8-16-40-23/h8-10,16,22,24-29,36-37H,7,11-15,17-20H2,1-6H3,(H,38,39)/t22-,24-,25+,26?,27+,28-,29?,31-,32-,33-,34+,35+/m0/s1. The Morgan fingerprint density at radius 3 is 2.54 bits per heavy atom. The summed E-state index contributed by atoms with van der Waals surface area (Å²) in [7, 11) is 0. The molecule has 12 atom stereocenters. The van der Waals surface area contributed by atoms with Crippen LogP contribution in [0.1, 0.15) is 105 Å². The number of carbonyl (C=O) groups is 1. The van der Waals surface area contributed by atoms with Crippen LogP contribution in [0.2, 0.25) is 0 Å². The molecule has 0 saturated heterocycles. The van der Waals surface area contributed by atoms with Crippen molar-refractivity contribution in [3.63, 3.8) is 0 Å². The molecule has 0 amide bonds. The molecule has 5 aliphatic rings. The van der Waals surface area contributed by atoms with E-state index in [1.54, 1.807) is 6.26 Å². The van der Waals surface area contributed by atoms with Crippen LogP contribution in [0.15, 0.2) is 34.5 Å². The Balaban J connectivity index is 1.41. The normalized spacial score (nSPS) is 50.1. The Bertz CT molecular complexity index is 1190. The summed E-state index contributed by atoms with van der Waals surface area (Å²) in [5, 5.41) is 33.8. The first-order chi connectivity index (χ1) is 19.3. The summed E-state index contributed by atoms with van der Waals surface area (Å²) < 4.78 is 12.4. The Morgan fingerprint density at radius 1 is 1.12 bits per heavy atom. The lowest BCUT2D eigenvalue weighted by Gasteiger charge is -2.69. The first kappa shape index (κ1) is 29.4. The van der Waals surface area contributed by atoms with E-state index in [-0.39, 0.29) is 46.2 Å². The van der Waals surface area contributed by atoms with Gasteiger partial charge < -0.3 is 24.5 Å². The van der Waals surface area contributed by atoms with Crippen LogP contribution >= 0.6 is 0 Å². The van der Waals surface area contributed by atoms with Crippen molar-refractivity contribution in [1.82, 2.24) is 0 Å². The third-order valence-corrected chi connectivity index (χ3v) is 14.1. The largest absolute Gasteiger partial charge is 0.481 e. The monoisotopic (exact) mass is 568 g/mol. The van der Waals surface area contributed by atoms with E-state index in [9.17, 15) is 20.1 Å². The summed E-state index contributed by atoms with van der Waals surface area (Å²) in [4.78, 5) is 13.2. The summed E-state index contributed by atoms with van der Waals surface area (Å²) in [5.74, 6) is 0.871. The van der Waals surface area contributed by atoms with Crippen molar-refractivity contribution in [2.45, 2.75) is 124 Å².